The van der Waals surface area contributed by atoms with Crippen LogP contribution in [0.5, 0.6) is 0 Å². The van der Waals surface area contributed by atoms with Gasteiger partial charge in [-0.25, -0.2) is 0 Å². The molecule has 0 radical (unpaired) electrons. The summed E-state index contributed by atoms with van der Waals surface area (Å²) in [6, 6.07) is 0. The van der Waals surface area contributed by atoms with Crippen LogP contribution in [0.1, 0.15) is 55.5 Å². The van der Waals surface area contributed by atoms with Gasteiger partial charge in [0.25, 0.3) is 0 Å². The molecule has 0 spiro atoms. The normalized spacial score (nSPS) is 23.4. The molecule has 1 N–H and O–H groups in total. The lowest BCUT2D eigenvalue weighted by atomic mass is 9.78. The molecule has 1 aromatic rings. The second-order valence-electron chi connectivity index (χ2n) is 7.80. The van der Waals surface area contributed by atoms with Crippen molar-refractivity contribution < 1.29 is 9.47 Å². The first-order valence-corrected chi connectivity index (χ1v) is 10.3. The van der Waals surface area contributed by atoms with E-state index in [1.54, 1.807) is 0 Å². The maximum atomic E-state index is 5.78. The number of hydrogen-bond donors (Lipinski definition) is 1. The monoisotopic (exact) mass is 364 g/mol. The molecular weight excluding hydrogens is 328 g/mol. The fourth-order valence-electron chi connectivity index (χ4n) is 4.35. The van der Waals surface area contributed by atoms with Gasteiger partial charge in [0.05, 0.1) is 31.1 Å². The molecule has 0 bridgehead atoms. The lowest BCUT2D eigenvalue weighted by molar-refractivity contribution is 0.0776. The van der Waals surface area contributed by atoms with Gasteiger partial charge in [-0.1, -0.05) is 0 Å². The summed E-state index contributed by atoms with van der Waals surface area (Å²) in [5.74, 6) is 1.36. The second kappa shape index (κ2) is 9.83. The van der Waals surface area contributed by atoms with Crippen LogP contribution in [0.15, 0.2) is 0 Å². The van der Waals surface area contributed by atoms with E-state index >= 15 is 0 Å². The molecule has 1 aliphatic heterocycles. The summed E-state index contributed by atoms with van der Waals surface area (Å²) in [6.45, 7) is 9.21. The maximum absolute atomic E-state index is 5.78. The molecule has 0 amide bonds. The molecule has 1 saturated carbocycles. The first-order valence-electron chi connectivity index (χ1n) is 10.3. The Kier molecular flexibility index (Phi) is 7.49. The van der Waals surface area contributed by atoms with Crippen LogP contribution in [0.3, 0.4) is 0 Å². The molecular formula is C20H36N4O2. The van der Waals surface area contributed by atoms with E-state index in [1.165, 1.54) is 42.6 Å². The van der Waals surface area contributed by atoms with E-state index in [1.807, 2.05) is 7.05 Å². The van der Waals surface area contributed by atoms with Crippen LogP contribution < -0.4 is 5.32 Å². The Hall–Kier alpha value is -0.950. The zero-order valence-corrected chi connectivity index (χ0v) is 16.8. The fourth-order valence-corrected chi connectivity index (χ4v) is 4.35. The van der Waals surface area contributed by atoms with E-state index in [4.69, 9.17) is 14.6 Å². The molecule has 6 nitrogen and oxygen atoms in total. The Morgan fingerprint density at radius 3 is 2.85 bits per heavy atom. The Morgan fingerprint density at radius 2 is 2.12 bits per heavy atom. The number of hydrogen-bond acceptors (Lipinski definition) is 5. The summed E-state index contributed by atoms with van der Waals surface area (Å²) in [4.78, 5) is 2.37. The molecule has 2 aliphatic rings. The van der Waals surface area contributed by atoms with Gasteiger partial charge in [-0.3, -0.25) is 9.58 Å². The third-order valence-corrected chi connectivity index (χ3v) is 5.84. The van der Waals surface area contributed by atoms with Gasteiger partial charge in [0.2, 0.25) is 0 Å². The van der Waals surface area contributed by atoms with E-state index in [0.29, 0.717) is 5.92 Å². The Morgan fingerprint density at radius 1 is 1.31 bits per heavy atom. The number of aromatic nitrogens is 2. The van der Waals surface area contributed by atoms with Crippen molar-refractivity contribution in [1.82, 2.24) is 20.0 Å². The predicted molar refractivity (Wildman–Crippen MR) is 103 cm³/mol. The standard InChI is InChI=1S/C20H36N4O2/c1-4-25-14-16-5-7-17(8-6-16)20-18(13-23(3)10-9-21-2)22-24-11-12-26-15-19(20)24/h16-17,21H,4-15H2,1-3H3. The topological polar surface area (TPSA) is 51.5 Å². The van der Waals surface area contributed by atoms with Gasteiger partial charge in [-0.2, -0.15) is 5.10 Å². The number of likely N-dealkylation sites (N-methyl/N-ethyl adjacent to an activating group) is 2. The molecule has 0 saturated heterocycles. The third-order valence-electron chi connectivity index (χ3n) is 5.84. The van der Waals surface area contributed by atoms with Crippen molar-refractivity contribution in [1.29, 1.82) is 0 Å². The quantitative estimate of drug-likeness (QED) is 0.729. The average molecular weight is 365 g/mol. The van der Waals surface area contributed by atoms with Crippen molar-refractivity contribution in [3.8, 4) is 0 Å². The first kappa shape index (κ1) is 19.8. The number of ether oxygens (including phenoxy) is 2. The van der Waals surface area contributed by atoms with Gasteiger partial charge >= 0.3 is 0 Å². The molecule has 148 valence electrons. The summed E-state index contributed by atoms with van der Waals surface area (Å²) in [6.07, 6.45) is 5.05. The zero-order chi connectivity index (χ0) is 18.4. The Balaban J connectivity index is 1.71. The van der Waals surface area contributed by atoms with Crippen LogP contribution in [0, 0.1) is 5.92 Å². The van der Waals surface area contributed by atoms with Crippen LogP contribution in [0.4, 0.5) is 0 Å². The van der Waals surface area contributed by atoms with Crippen LogP contribution in [-0.2, 0) is 29.2 Å². The zero-order valence-electron chi connectivity index (χ0n) is 16.8. The van der Waals surface area contributed by atoms with Crippen molar-refractivity contribution in [3.05, 3.63) is 17.0 Å². The first-order chi connectivity index (χ1) is 12.7. The molecule has 1 aliphatic carbocycles. The average Bonchev–Trinajstić information content (AvgIpc) is 3.02. The fraction of sp³-hybridized carbons (Fsp3) is 0.850. The highest BCUT2D eigenvalue weighted by atomic mass is 16.5. The van der Waals surface area contributed by atoms with Crippen molar-refractivity contribution in [3.63, 3.8) is 0 Å². The molecule has 0 unspecified atom stereocenters. The number of rotatable bonds is 9. The van der Waals surface area contributed by atoms with Crippen LogP contribution >= 0.6 is 0 Å². The smallest absolute Gasteiger partial charge is 0.0888 e. The van der Waals surface area contributed by atoms with E-state index in [0.717, 1.165) is 58.5 Å². The van der Waals surface area contributed by atoms with E-state index in [9.17, 15) is 0 Å². The number of fused-ring (bicyclic) bond motifs is 1. The van der Waals surface area contributed by atoms with Gasteiger partial charge in [-0.05, 0) is 58.5 Å². The molecule has 6 heteroatoms. The molecule has 1 fully saturated rings. The van der Waals surface area contributed by atoms with E-state index in [-0.39, 0.29) is 0 Å². The highest BCUT2D eigenvalue weighted by Crippen LogP contribution is 2.39. The summed E-state index contributed by atoms with van der Waals surface area (Å²) in [5, 5.41) is 8.23. The molecule has 2 heterocycles. The summed E-state index contributed by atoms with van der Waals surface area (Å²) in [5.41, 5.74) is 4.11. The maximum Gasteiger partial charge on any atom is 0.0888 e. The van der Waals surface area contributed by atoms with Crippen molar-refractivity contribution in [2.75, 3.05) is 47.0 Å². The largest absolute Gasteiger partial charge is 0.381 e. The molecule has 26 heavy (non-hydrogen) atoms. The second-order valence-corrected chi connectivity index (χ2v) is 7.80. The Labute approximate surface area is 158 Å². The number of nitrogens with zero attached hydrogens (tertiary/aromatic N) is 3. The summed E-state index contributed by atoms with van der Waals surface area (Å²) in [7, 11) is 4.20. The van der Waals surface area contributed by atoms with Gasteiger partial charge in [0, 0.05) is 38.4 Å². The van der Waals surface area contributed by atoms with Gasteiger partial charge in [-0.15, -0.1) is 0 Å². The van der Waals surface area contributed by atoms with Gasteiger partial charge < -0.3 is 14.8 Å². The van der Waals surface area contributed by atoms with E-state index in [2.05, 4.69) is 28.9 Å². The molecule has 3 rings (SSSR count). The van der Waals surface area contributed by atoms with Gasteiger partial charge in [0.15, 0.2) is 0 Å². The van der Waals surface area contributed by atoms with Crippen LogP contribution in [0.2, 0.25) is 0 Å². The summed E-state index contributed by atoms with van der Waals surface area (Å²) >= 11 is 0. The molecule has 1 aromatic heterocycles. The summed E-state index contributed by atoms with van der Waals surface area (Å²) < 4.78 is 13.6. The van der Waals surface area contributed by atoms with Crippen molar-refractivity contribution in [2.24, 2.45) is 5.92 Å². The van der Waals surface area contributed by atoms with E-state index < -0.39 is 0 Å². The highest BCUT2D eigenvalue weighted by Gasteiger charge is 2.30. The van der Waals surface area contributed by atoms with Crippen molar-refractivity contribution in [2.45, 2.75) is 58.2 Å². The predicted octanol–water partition coefficient (Wildman–Crippen LogP) is 2.37. The van der Waals surface area contributed by atoms with Crippen LogP contribution in [0.25, 0.3) is 0 Å². The minimum atomic E-state index is 0.631. The van der Waals surface area contributed by atoms with Gasteiger partial charge in [0.1, 0.15) is 0 Å². The lowest BCUT2D eigenvalue weighted by Crippen LogP contribution is -2.28. The highest BCUT2D eigenvalue weighted by molar-refractivity contribution is 5.31. The van der Waals surface area contributed by atoms with Crippen LogP contribution in [-0.4, -0.2) is 61.7 Å². The van der Waals surface area contributed by atoms with Crippen molar-refractivity contribution >= 4 is 0 Å². The lowest BCUT2D eigenvalue weighted by Gasteiger charge is -2.30. The Bertz CT molecular complexity index is 552. The minimum absolute atomic E-state index is 0.631. The minimum Gasteiger partial charge on any atom is -0.381 e. The number of nitrogens with one attached hydrogen (secondary N) is 1. The SMILES string of the molecule is CCOCC1CCC(c2c(CN(C)CCNC)nn3c2COCC3)CC1. The third kappa shape index (κ3) is 4.85. The molecule has 0 aromatic carbocycles. The molecule has 0 atom stereocenters.